The molecule has 2 heterocycles. The van der Waals surface area contributed by atoms with Crippen LogP contribution in [0, 0.1) is 6.92 Å². The molecule has 4 nitrogen and oxygen atoms in total. The Kier molecular flexibility index (Phi) is 3.78. The lowest BCUT2D eigenvalue weighted by molar-refractivity contribution is 0.575. The maximum atomic E-state index is 6.28. The molecule has 0 unspecified atom stereocenters. The Morgan fingerprint density at radius 2 is 1.95 bits per heavy atom. The summed E-state index contributed by atoms with van der Waals surface area (Å²) in [6, 6.07) is 5.29. The normalized spacial score (nSPS) is 12.8. The second-order valence-corrected chi connectivity index (χ2v) is 5.97. The number of aromatic nitrogens is 4. The Bertz CT molecular complexity index is 828. The first kappa shape index (κ1) is 14.6. The minimum Gasteiger partial charge on any atom is -0.248 e. The van der Waals surface area contributed by atoms with E-state index >= 15 is 0 Å². The number of hydrogen-bond donors (Lipinski definition) is 0. The lowest BCUT2D eigenvalue weighted by atomic mass is 10.1. The first-order chi connectivity index (χ1) is 9.97. The zero-order chi connectivity index (χ0) is 15.1. The molecule has 1 aromatic carbocycles. The summed E-state index contributed by atoms with van der Waals surface area (Å²) < 4.78 is 1.78. The molecule has 0 saturated carbocycles. The van der Waals surface area contributed by atoms with Gasteiger partial charge in [0.2, 0.25) is 0 Å². The SMILES string of the molecule is Cc1nn([C@@H](C)c2ccc(Cl)cc2Cl)c2nc(Cl)cnc12. The molecule has 0 N–H and O–H groups in total. The van der Waals surface area contributed by atoms with E-state index in [1.165, 1.54) is 6.20 Å². The van der Waals surface area contributed by atoms with Crippen molar-refractivity contribution in [2.45, 2.75) is 19.9 Å². The van der Waals surface area contributed by atoms with Gasteiger partial charge in [-0.25, -0.2) is 14.6 Å². The maximum Gasteiger partial charge on any atom is 0.179 e. The van der Waals surface area contributed by atoms with Crippen molar-refractivity contribution in [2.75, 3.05) is 0 Å². The second kappa shape index (κ2) is 5.44. The van der Waals surface area contributed by atoms with E-state index in [1.54, 1.807) is 16.8 Å². The van der Waals surface area contributed by atoms with Gasteiger partial charge in [-0.3, -0.25) is 0 Å². The average molecular weight is 342 g/mol. The van der Waals surface area contributed by atoms with E-state index in [9.17, 15) is 0 Å². The molecule has 3 rings (SSSR count). The lowest BCUT2D eigenvalue weighted by Gasteiger charge is -2.15. The van der Waals surface area contributed by atoms with Crippen LogP contribution in [-0.4, -0.2) is 19.7 Å². The fraction of sp³-hybridized carbons (Fsp3) is 0.214. The molecule has 0 fully saturated rings. The van der Waals surface area contributed by atoms with Gasteiger partial charge in [-0.15, -0.1) is 0 Å². The van der Waals surface area contributed by atoms with E-state index in [1.807, 2.05) is 19.9 Å². The molecule has 0 aliphatic heterocycles. The summed E-state index contributed by atoms with van der Waals surface area (Å²) >= 11 is 18.2. The highest BCUT2D eigenvalue weighted by Crippen LogP contribution is 2.30. The minimum absolute atomic E-state index is 0.112. The quantitative estimate of drug-likeness (QED) is 0.678. The number of hydrogen-bond acceptors (Lipinski definition) is 3. The Morgan fingerprint density at radius 1 is 1.19 bits per heavy atom. The molecule has 0 aliphatic rings. The molecular formula is C14H11Cl3N4. The molecule has 3 aromatic rings. The number of halogens is 3. The summed E-state index contributed by atoms with van der Waals surface area (Å²) in [6.07, 6.45) is 1.52. The Morgan fingerprint density at radius 3 is 2.67 bits per heavy atom. The molecule has 0 bridgehead atoms. The first-order valence-electron chi connectivity index (χ1n) is 6.29. The molecule has 7 heteroatoms. The van der Waals surface area contributed by atoms with Gasteiger partial charge in [0.25, 0.3) is 0 Å². The van der Waals surface area contributed by atoms with E-state index in [-0.39, 0.29) is 6.04 Å². The zero-order valence-electron chi connectivity index (χ0n) is 11.3. The van der Waals surface area contributed by atoms with Crippen molar-refractivity contribution in [2.24, 2.45) is 0 Å². The summed E-state index contributed by atoms with van der Waals surface area (Å²) in [4.78, 5) is 8.61. The predicted molar refractivity (Wildman–Crippen MR) is 85.3 cm³/mol. The van der Waals surface area contributed by atoms with Gasteiger partial charge in [0.1, 0.15) is 10.7 Å². The Labute approximate surface area is 136 Å². The molecule has 0 spiro atoms. The van der Waals surface area contributed by atoms with Crippen LogP contribution >= 0.6 is 34.8 Å². The number of benzene rings is 1. The van der Waals surface area contributed by atoms with Gasteiger partial charge in [0, 0.05) is 10.0 Å². The molecule has 0 amide bonds. The van der Waals surface area contributed by atoms with Gasteiger partial charge in [-0.2, -0.15) is 5.10 Å². The van der Waals surface area contributed by atoms with Gasteiger partial charge >= 0.3 is 0 Å². The van der Waals surface area contributed by atoms with Crippen molar-refractivity contribution in [3.8, 4) is 0 Å². The van der Waals surface area contributed by atoms with Crippen LogP contribution in [0.5, 0.6) is 0 Å². The van der Waals surface area contributed by atoms with Gasteiger partial charge in [0.05, 0.1) is 17.9 Å². The summed E-state index contributed by atoms with van der Waals surface area (Å²) in [5.74, 6) is 0. The Balaban J connectivity index is 2.17. The molecular weight excluding hydrogens is 331 g/mol. The topological polar surface area (TPSA) is 43.6 Å². The van der Waals surface area contributed by atoms with Crippen molar-refractivity contribution in [3.63, 3.8) is 0 Å². The number of nitrogens with zero attached hydrogens (tertiary/aromatic N) is 4. The largest absolute Gasteiger partial charge is 0.248 e. The van der Waals surface area contributed by atoms with E-state index in [0.717, 1.165) is 16.8 Å². The molecule has 1 atom stereocenters. The maximum absolute atomic E-state index is 6.28. The smallest absolute Gasteiger partial charge is 0.179 e. The predicted octanol–water partition coefficient (Wildman–Crippen LogP) is 4.70. The highest BCUT2D eigenvalue weighted by atomic mass is 35.5. The third-order valence-corrected chi connectivity index (χ3v) is 4.07. The van der Waals surface area contributed by atoms with Gasteiger partial charge in [-0.05, 0) is 31.5 Å². The lowest BCUT2D eigenvalue weighted by Crippen LogP contribution is -2.10. The van der Waals surface area contributed by atoms with Crippen molar-refractivity contribution < 1.29 is 0 Å². The molecule has 0 saturated heterocycles. The number of fused-ring (bicyclic) bond motifs is 1. The van der Waals surface area contributed by atoms with Gasteiger partial charge in [-0.1, -0.05) is 40.9 Å². The van der Waals surface area contributed by atoms with Crippen LogP contribution in [-0.2, 0) is 0 Å². The van der Waals surface area contributed by atoms with Crippen LogP contribution < -0.4 is 0 Å². The monoisotopic (exact) mass is 340 g/mol. The second-order valence-electron chi connectivity index (χ2n) is 4.74. The van der Waals surface area contributed by atoms with E-state index in [4.69, 9.17) is 34.8 Å². The van der Waals surface area contributed by atoms with Gasteiger partial charge in [0.15, 0.2) is 5.65 Å². The molecule has 108 valence electrons. The van der Waals surface area contributed by atoms with Crippen molar-refractivity contribution in [3.05, 3.63) is 50.9 Å². The van der Waals surface area contributed by atoms with Crippen LogP contribution in [0.4, 0.5) is 0 Å². The fourth-order valence-electron chi connectivity index (χ4n) is 2.27. The minimum atomic E-state index is -0.112. The van der Waals surface area contributed by atoms with Crippen molar-refractivity contribution >= 4 is 46.0 Å². The van der Waals surface area contributed by atoms with Crippen molar-refractivity contribution in [1.82, 2.24) is 19.7 Å². The van der Waals surface area contributed by atoms with Crippen LogP contribution in [0.15, 0.2) is 24.4 Å². The van der Waals surface area contributed by atoms with E-state index < -0.39 is 0 Å². The first-order valence-corrected chi connectivity index (χ1v) is 7.43. The fourth-order valence-corrected chi connectivity index (χ4v) is 2.97. The molecule has 2 aromatic heterocycles. The summed E-state index contributed by atoms with van der Waals surface area (Å²) in [5.41, 5.74) is 3.08. The highest BCUT2D eigenvalue weighted by Gasteiger charge is 2.19. The third kappa shape index (κ3) is 2.59. The summed E-state index contributed by atoms with van der Waals surface area (Å²) in [5, 5.41) is 6.03. The van der Waals surface area contributed by atoms with Crippen LogP contribution in [0.3, 0.4) is 0 Å². The van der Waals surface area contributed by atoms with Crippen LogP contribution in [0.25, 0.3) is 11.2 Å². The van der Waals surface area contributed by atoms with Crippen LogP contribution in [0.2, 0.25) is 15.2 Å². The Hall–Kier alpha value is -1.36. The molecule has 21 heavy (non-hydrogen) atoms. The molecule has 0 aliphatic carbocycles. The standard InChI is InChI=1S/C14H11Cl3N4/c1-7-13-14(19-12(17)6-18-13)21(20-7)8(2)10-4-3-9(15)5-11(10)16/h3-6,8H,1-2H3/t8-/m0/s1. The summed E-state index contributed by atoms with van der Waals surface area (Å²) in [6.45, 7) is 3.88. The number of aryl methyl sites for hydroxylation is 1. The number of rotatable bonds is 2. The van der Waals surface area contributed by atoms with Crippen LogP contribution in [0.1, 0.15) is 24.2 Å². The highest BCUT2D eigenvalue weighted by molar-refractivity contribution is 6.35. The van der Waals surface area contributed by atoms with E-state index in [2.05, 4.69) is 15.1 Å². The van der Waals surface area contributed by atoms with Crippen molar-refractivity contribution in [1.29, 1.82) is 0 Å². The summed E-state index contributed by atoms with van der Waals surface area (Å²) in [7, 11) is 0. The zero-order valence-corrected chi connectivity index (χ0v) is 13.6. The molecule has 0 radical (unpaired) electrons. The van der Waals surface area contributed by atoms with Gasteiger partial charge < -0.3 is 0 Å². The third-order valence-electron chi connectivity index (χ3n) is 3.32. The average Bonchev–Trinajstić information content (AvgIpc) is 2.75. The van der Waals surface area contributed by atoms with E-state index in [0.29, 0.717) is 20.8 Å².